The molecule has 4 nitrogen and oxygen atoms in total. The summed E-state index contributed by atoms with van der Waals surface area (Å²) < 4.78 is 6.04. The molecule has 17 heavy (non-hydrogen) atoms. The van der Waals surface area contributed by atoms with Gasteiger partial charge in [0.2, 0.25) is 0 Å². The highest BCUT2D eigenvalue weighted by molar-refractivity contribution is 9.10. The largest absolute Gasteiger partial charge is 0.398 e. The van der Waals surface area contributed by atoms with E-state index in [1.165, 1.54) is 0 Å². The topological polar surface area (TPSA) is 64.3 Å². The van der Waals surface area contributed by atoms with Crippen LogP contribution in [0.1, 0.15) is 24.2 Å². The van der Waals surface area contributed by atoms with E-state index in [1.54, 1.807) is 25.3 Å². The lowest BCUT2D eigenvalue weighted by Crippen LogP contribution is -2.39. The second-order valence-electron chi connectivity index (χ2n) is 4.38. The number of ether oxygens (including phenoxy) is 1. The van der Waals surface area contributed by atoms with Crippen LogP contribution in [-0.2, 0) is 4.74 Å². The first-order valence-electron chi connectivity index (χ1n) is 5.24. The van der Waals surface area contributed by atoms with E-state index in [9.17, 15) is 4.79 Å². The monoisotopic (exact) mass is 300 g/mol. The molecule has 0 saturated carbocycles. The Labute approximate surface area is 110 Å². The highest BCUT2D eigenvalue weighted by Gasteiger charge is 2.18. The van der Waals surface area contributed by atoms with Crippen LogP contribution in [0, 0.1) is 0 Å². The summed E-state index contributed by atoms with van der Waals surface area (Å²) in [6.07, 6.45) is 0. The predicted molar refractivity (Wildman–Crippen MR) is 72.0 cm³/mol. The van der Waals surface area contributed by atoms with Gasteiger partial charge in [-0.05, 0) is 32.0 Å². The normalized spacial score (nSPS) is 11.3. The molecule has 0 aliphatic heterocycles. The Morgan fingerprint density at radius 2 is 2.18 bits per heavy atom. The quantitative estimate of drug-likeness (QED) is 0.838. The first-order chi connectivity index (χ1) is 7.85. The fourth-order valence-corrected chi connectivity index (χ4v) is 1.55. The van der Waals surface area contributed by atoms with Gasteiger partial charge in [-0.2, -0.15) is 0 Å². The standard InChI is InChI=1S/C12H17BrN2O2/c1-12(2,17-3)7-15-11(16)9-6-8(13)4-5-10(9)14/h4-6H,7,14H2,1-3H3,(H,15,16). The van der Waals surface area contributed by atoms with Gasteiger partial charge in [-0.1, -0.05) is 15.9 Å². The molecule has 94 valence electrons. The predicted octanol–water partition coefficient (Wildman–Crippen LogP) is 2.19. The van der Waals surface area contributed by atoms with Crippen molar-refractivity contribution in [3.05, 3.63) is 28.2 Å². The second-order valence-corrected chi connectivity index (χ2v) is 5.29. The molecule has 0 bridgehead atoms. The van der Waals surface area contributed by atoms with Crippen LogP contribution < -0.4 is 11.1 Å². The number of nitrogens with one attached hydrogen (secondary N) is 1. The summed E-state index contributed by atoms with van der Waals surface area (Å²) >= 11 is 3.31. The van der Waals surface area contributed by atoms with Gasteiger partial charge < -0.3 is 15.8 Å². The van der Waals surface area contributed by atoms with Crippen molar-refractivity contribution in [2.45, 2.75) is 19.4 Å². The van der Waals surface area contributed by atoms with E-state index in [4.69, 9.17) is 10.5 Å². The molecule has 0 unspecified atom stereocenters. The summed E-state index contributed by atoms with van der Waals surface area (Å²) in [6.45, 7) is 4.23. The Hall–Kier alpha value is -1.07. The van der Waals surface area contributed by atoms with Crippen molar-refractivity contribution in [1.82, 2.24) is 5.32 Å². The maximum absolute atomic E-state index is 11.9. The number of benzene rings is 1. The number of carbonyl (C=O) groups excluding carboxylic acids is 1. The molecule has 0 radical (unpaired) electrons. The SMILES string of the molecule is COC(C)(C)CNC(=O)c1cc(Br)ccc1N. The maximum Gasteiger partial charge on any atom is 0.253 e. The average Bonchev–Trinajstić information content (AvgIpc) is 2.29. The molecule has 1 amide bonds. The first-order valence-corrected chi connectivity index (χ1v) is 6.03. The minimum absolute atomic E-state index is 0.200. The van der Waals surface area contributed by atoms with Gasteiger partial charge in [0.25, 0.3) is 5.91 Å². The van der Waals surface area contributed by atoms with E-state index in [0.717, 1.165) is 4.47 Å². The third-order valence-corrected chi connectivity index (χ3v) is 2.98. The molecule has 3 N–H and O–H groups in total. The highest BCUT2D eigenvalue weighted by atomic mass is 79.9. The Kier molecular flexibility index (Phi) is 4.54. The number of methoxy groups -OCH3 is 1. The lowest BCUT2D eigenvalue weighted by atomic mass is 10.1. The number of anilines is 1. The smallest absolute Gasteiger partial charge is 0.253 e. The van der Waals surface area contributed by atoms with Crippen molar-refractivity contribution in [1.29, 1.82) is 0 Å². The zero-order valence-corrected chi connectivity index (χ0v) is 11.8. The molecule has 1 rings (SSSR count). The summed E-state index contributed by atoms with van der Waals surface area (Å²) in [5, 5.41) is 2.79. The third kappa shape index (κ3) is 4.02. The van der Waals surface area contributed by atoms with Gasteiger partial charge in [0.15, 0.2) is 0 Å². The minimum atomic E-state index is -0.392. The lowest BCUT2D eigenvalue weighted by molar-refractivity contribution is 0.0229. The van der Waals surface area contributed by atoms with Crippen molar-refractivity contribution in [2.75, 3.05) is 19.4 Å². The minimum Gasteiger partial charge on any atom is -0.398 e. The molecule has 0 aromatic heterocycles. The summed E-state index contributed by atoms with van der Waals surface area (Å²) in [5.41, 5.74) is 6.28. The Bertz CT molecular complexity index is 419. The molecule has 0 spiro atoms. The van der Waals surface area contributed by atoms with Crippen LogP contribution in [-0.4, -0.2) is 25.2 Å². The zero-order valence-electron chi connectivity index (χ0n) is 10.2. The molecule has 1 aromatic rings. The van der Waals surface area contributed by atoms with Gasteiger partial charge in [0, 0.05) is 23.8 Å². The molecular formula is C12H17BrN2O2. The van der Waals surface area contributed by atoms with E-state index in [1.807, 2.05) is 13.8 Å². The Balaban J connectivity index is 2.74. The Morgan fingerprint density at radius 3 is 2.76 bits per heavy atom. The van der Waals surface area contributed by atoms with E-state index in [-0.39, 0.29) is 5.91 Å². The van der Waals surface area contributed by atoms with Crippen LogP contribution in [0.25, 0.3) is 0 Å². The van der Waals surface area contributed by atoms with Crippen molar-refractivity contribution in [2.24, 2.45) is 0 Å². The number of hydrogen-bond acceptors (Lipinski definition) is 3. The lowest BCUT2D eigenvalue weighted by Gasteiger charge is -2.23. The fourth-order valence-electron chi connectivity index (χ4n) is 1.19. The van der Waals surface area contributed by atoms with Gasteiger partial charge >= 0.3 is 0 Å². The molecule has 0 atom stereocenters. The number of halogens is 1. The maximum atomic E-state index is 11.9. The van der Waals surface area contributed by atoms with Gasteiger partial charge in [-0.3, -0.25) is 4.79 Å². The van der Waals surface area contributed by atoms with Crippen molar-refractivity contribution >= 4 is 27.5 Å². The van der Waals surface area contributed by atoms with Crippen LogP contribution in [0.15, 0.2) is 22.7 Å². The molecule has 0 aliphatic carbocycles. The van der Waals surface area contributed by atoms with E-state index in [0.29, 0.717) is 17.8 Å². The van der Waals surface area contributed by atoms with Crippen molar-refractivity contribution < 1.29 is 9.53 Å². The molecule has 0 heterocycles. The molecule has 0 saturated heterocycles. The Morgan fingerprint density at radius 1 is 1.53 bits per heavy atom. The number of carbonyl (C=O) groups is 1. The average molecular weight is 301 g/mol. The molecule has 1 aromatic carbocycles. The summed E-state index contributed by atoms with van der Waals surface area (Å²) in [4.78, 5) is 11.9. The molecule has 0 aliphatic rings. The van der Waals surface area contributed by atoms with Crippen LogP contribution in [0.4, 0.5) is 5.69 Å². The number of hydrogen-bond donors (Lipinski definition) is 2. The van der Waals surface area contributed by atoms with Gasteiger partial charge in [-0.15, -0.1) is 0 Å². The summed E-state index contributed by atoms with van der Waals surface area (Å²) in [7, 11) is 1.61. The van der Waals surface area contributed by atoms with Crippen molar-refractivity contribution in [3.63, 3.8) is 0 Å². The number of nitrogen functional groups attached to an aromatic ring is 1. The number of amides is 1. The van der Waals surface area contributed by atoms with E-state index >= 15 is 0 Å². The van der Waals surface area contributed by atoms with E-state index < -0.39 is 5.60 Å². The fraction of sp³-hybridized carbons (Fsp3) is 0.417. The summed E-state index contributed by atoms with van der Waals surface area (Å²) in [5.74, 6) is -0.200. The van der Waals surface area contributed by atoms with Gasteiger partial charge in [-0.25, -0.2) is 0 Å². The van der Waals surface area contributed by atoms with Crippen LogP contribution in [0.3, 0.4) is 0 Å². The van der Waals surface area contributed by atoms with Crippen LogP contribution in [0.5, 0.6) is 0 Å². The highest BCUT2D eigenvalue weighted by Crippen LogP contribution is 2.18. The van der Waals surface area contributed by atoms with Gasteiger partial charge in [0.1, 0.15) is 0 Å². The summed E-state index contributed by atoms with van der Waals surface area (Å²) in [6, 6.07) is 5.19. The van der Waals surface area contributed by atoms with Crippen LogP contribution in [0.2, 0.25) is 0 Å². The van der Waals surface area contributed by atoms with Gasteiger partial charge in [0.05, 0.1) is 11.2 Å². The van der Waals surface area contributed by atoms with Crippen molar-refractivity contribution in [3.8, 4) is 0 Å². The molecule has 5 heteroatoms. The van der Waals surface area contributed by atoms with Crippen LogP contribution >= 0.6 is 15.9 Å². The number of nitrogens with two attached hydrogens (primary N) is 1. The number of rotatable bonds is 4. The molecular weight excluding hydrogens is 284 g/mol. The first kappa shape index (κ1) is 14.0. The zero-order chi connectivity index (χ0) is 13.1. The van der Waals surface area contributed by atoms with E-state index in [2.05, 4.69) is 21.2 Å². The second kappa shape index (κ2) is 5.51. The third-order valence-electron chi connectivity index (χ3n) is 2.49. The molecule has 0 fully saturated rings.